The third-order valence-corrected chi connectivity index (χ3v) is 6.83. The van der Waals surface area contributed by atoms with E-state index in [1.807, 2.05) is 13.8 Å². The van der Waals surface area contributed by atoms with Crippen LogP contribution in [0.5, 0.6) is 0 Å². The molecule has 5 nitrogen and oxygen atoms in total. The van der Waals surface area contributed by atoms with Crippen molar-refractivity contribution in [3.63, 3.8) is 0 Å². The van der Waals surface area contributed by atoms with Gasteiger partial charge in [-0.2, -0.15) is 0 Å². The van der Waals surface area contributed by atoms with Crippen molar-refractivity contribution >= 4 is 16.0 Å². The maximum atomic E-state index is 12.4. The number of nitrogens with one attached hydrogen (secondary N) is 1. The van der Waals surface area contributed by atoms with E-state index in [1.54, 1.807) is 0 Å². The molecular weight excluding hydrogens is 276 g/mol. The minimum Gasteiger partial charge on any atom is -0.459 e. The Bertz CT molecular complexity index is 503. The minimum absolute atomic E-state index is 0.172. The van der Waals surface area contributed by atoms with Gasteiger partial charge in [-0.3, -0.25) is 0 Å². The first-order chi connectivity index (χ1) is 9.45. The summed E-state index contributed by atoms with van der Waals surface area (Å²) < 4.78 is 33.9. The van der Waals surface area contributed by atoms with Gasteiger partial charge in [-0.1, -0.05) is 33.1 Å². The molecule has 3 rings (SSSR count). The number of nitrogens with zero attached hydrogens (tertiary/aromatic N) is 1. The SMILES string of the molecule is CC(C)C1OC(NC2CCCCC2)=NS(=O)(=O)C12CC2. The Balaban J connectivity index is 1.80. The molecule has 1 N–H and O–H groups in total. The third kappa shape index (κ3) is 2.32. The molecule has 2 fully saturated rings. The average molecular weight is 300 g/mol. The van der Waals surface area contributed by atoms with E-state index in [4.69, 9.17) is 4.74 Å². The smallest absolute Gasteiger partial charge is 0.301 e. The van der Waals surface area contributed by atoms with E-state index >= 15 is 0 Å². The highest BCUT2D eigenvalue weighted by Gasteiger charge is 2.64. The lowest BCUT2D eigenvalue weighted by Gasteiger charge is -2.35. The predicted molar refractivity (Wildman–Crippen MR) is 78.0 cm³/mol. The zero-order valence-corrected chi connectivity index (χ0v) is 13.1. The largest absolute Gasteiger partial charge is 0.459 e. The van der Waals surface area contributed by atoms with Crippen LogP contribution >= 0.6 is 0 Å². The Labute approximate surface area is 121 Å². The van der Waals surface area contributed by atoms with Gasteiger partial charge in [0.05, 0.1) is 0 Å². The molecule has 0 aromatic carbocycles. The van der Waals surface area contributed by atoms with Gasteiger partial charge in [-0.25, -0.2) is 8.42 Å². The molecule has 1 heterocycles. The van der Waals surface area contributed by atoms with Gasteiger partial charge >= 0.3 is 6.02 Å². The average Bonchev–Trinajstić information content (AvgIpc) is 3.16. The van der Waals surface area contributed by atoms with Crippen molar-refractivity contribution in [2.45, 2.75) is 75.7 Å². The molecule has 0 aromatic heterocycles. The molecule has 2 aliphatic carbocycles. The fourth-order valence-corrected chi connectivity index (χ4v) is 5.21. The van der Waals surface area contributed by atoms with Crippen LogP contribution in [0.15, 0.2) is 4.40 Å². The lowest BCUT2D eigenvalue weighted by atomic mass is 9.96. The maximum Gasteiger partial charge on any atom is 0.301 e. The van der Waals surface area contributed by atoms with Crippen molar-refractivity contribution in [1.29, 1.82) is 0 Å². The number of rotatable bonds is 2. The molecule has 1 spiro atoms. The van der Waals surface area contributed by atoms with Gasteiger partial charge in [0.1, 0.15) is 10.9 Å². The van der Waals surface area contributed by atoms with Crippen LogP contribution < -0.4 is 5.32 Å². The lowest BCUT2D eigenvalue weighted by molar-refractivity contribution is 0.111. The van der Waals surface area contributed by atoms with E-state index < -0.39 is 14.8 Å². The van der Waals surface area contributed by atoms with Crippen molar-refractivity contribution in [2.75, 3.05) is 0 Å². The van der Waals surface area contributed by atoms with Gasteiger partial charge in [0, 0.05) is 6.04 Å². The summed E-state index contributed by atoms with van der Waals surface area (Å²) in [6, 6.07) is 0.534. The molecular formula is C14H24N2O3S. The Morgan fingerprint density at radius 1 is 1.25 bits per heavy atom. The van der Waals surface area contributed by atoms with Gasteiger partial charge < -0.3 is 10.1 Å². The Morgan fingerprint density at radius 3 is 2.45 bits per heavy atom. The van der Waals surface area contributed by atoms with Crippen LogP contribution in [-0.2, 0) is 14.8 Å². The van der Waals surface area contributed by atoms with Crippen LogP contribution in [0.3, 0.4) is 0 Å². The van der Waals surface area contributed by atoms with Gasteiger partial charge in [-0.05, 0) is 31.6 Å². The molecule has 2 saturated carbocycles. The number of sulfonamides is 1. The van der Waals surface area contributed by atoms with Crippen molar-refractivity contribution in [3.05, 3.63) is 0 Å². The Morgan fingerprint density at radius 2 is 1.90 bits per heavy atom. The molecule has 6 heteroatoms. The second-order valence-electron chi connectivity index (χ2n) is 6.70. The van der Waals surface area contributed by atoms with Gasteiger partial charge in [0.15, 0.2) is 0 Å². The van der Waals surface area contributed by atoms with E-state index in [2.05, 4.69) is 9.71 Å². The standard InChI is InChI=1S/C14H24N2O3S/c1-10(2)12-14(8-9-14)20(17,18)16-13(19-12)15-11-6-4-3-5-7-11/h10-12H,3-9H2,1-2H3,(H,15,16). The molecule has 0 saturated heterocycles. The highest BCUT2D eigenvalue weighted by atomic mass is 32.2. The predicted octanol–water partition coefficient (Wildman–Crippen LogP) is 2.18. The highest BCUT2D eigenvalue weighted by Crippen LogP contribution is 2.52. The number of hydrogen-bond acceptors (Lipinski definition) is 4. The fourth-order valence-electron chi connectivity index (χ4n) is 3.49. The van der Waals surface area contributed by atoms with E-state index in [0.717, 1.165) is 12.8 Å². The summed E-state index contributed by atoms with van der Waals surface area (Å²) >= 11 is 0. The monoisotopic (exact) mass is 300 g/mol. The van der Waals surface area contributed by atoms with Crippen molar-refractivity contribution in [1.82, 2.24) is 5.32 Å². The van der Waals surface area contributed by atoms with Crippen molar-refractivity contribution < 1.29 is 13.2 Å². The first kappa shape index (κ1) is 14.2. The van der Waals surface area contributed by atoms with Crippen LogP contribution in [0.2, 0.25) is 0 Å². The summed E-state index contributed by atoms with van der Waals surface area (Å²) in [7, 11) is -3.44. The van der Waals surface area contributed by atoms with E-state index in [9.17, 15) is 8.42 Å². The molecule has 1 atom stereocenters. The molecule has 0 amide bonds. The Kier molecular flexibility index (Phi) is 3.47. The quantitative estimate of drug-likeness (QED) is 0.849. The van der Waals surface area contributed by atoms with E-state index in [1.165, 1.54) is 19.3 Å². The molecule has 20 heavy (non-hydrogen) atoms. The second-order valence-corrected chi connectivity index (χ2v) is 8.64. The zero-order valence-electron chi connectivity index (χ0n) is 12.3. The van der Waals surface area contributed by atoms with Crippen LogP contribution in [0, 0.1) is 5.92 Å². The van der Waals surface area contributed by atoms with E-state index in [-0.39, 0.29) is 18.0 Å². The summed E-state index contributed by atoms with van der Waals surface area (Å²) in [5.41, 5.74) is 0. The summed E-state index contributed by atoms with van der Waals surface area (Å²) in [6.07, 6.45) is 6.87. The van der Waals surface area contributed by atoms with Crippen molar-refractivity contribution in [3.8, 4) is 0 Å². The van der Waals surface area contributed by atoms with Gasteiger partial charge in [0.2, 0.25) is 0 Å². The maximum absolute atomic E-state index is 12.4. The first-order valence-electron chi connectivity index (χ1n) is 7.72. The van der Waals surface area contributed by atoms with Crippen molar-refractivity contribution in [2.24, 2.45) is 10.3 Å². The van der Waals surface area contributed by atoms with Crippen LogP contribution in [0.1, 0.15) is 58.8 Å². The summed E-state index contributed by atoms with van der Waals surface area (Å²) in [5, 5.41) is 3.21. The normalized spacial score (nSPS) is 31.8. The first-order valence-corrected chi connectivity index (χ1v) is 9.16. The zero-order chi connectivity index (χ0) is 14.4. The van der Waals surface area contributed by atoms with Gasteiger partial charge in [-0.15, -0.1) is 4.40 Å². The topological polar surface area (TPSA) is 67.8 Å². The number of hydrogen-bond donors (Lipinski definition) is 1. The summed E-state index contributed by atoms with van der Waals surface area (Å²) in [6.45, 7) is 4.04. The molecule has 0 bridgehead atoms. The molecule has 0 aromatic rings. The molecule has 1 unspecified atom stereocenters. The minimum atomic E-state index is -3.44. The molecule has 114 valence electrons. The van der Waals surface area contributed by atoms with E-state index in [0.29, 0.717) is 18.9 Å². The Hall–Kier alpha value is -0.780. The van der Waals surface area contributed by atoms with Crippen LogP contribution in [-0.4, -0.2) is 31.3 Å². The fraction of sp³-hybridized carbons (Fsp3) is 0.929. The lowest BCUT2D eigenvalue weighted by Crippen LogP contribution is -2.51. The molecule has 3 aliphatic rings. The highest BCUT2D eigenvalue weighted by molar-refractivity contribution is 7.92. The molecule has 1 aliphatic heterocycles. The number of ether oxygens (including phenoxy) is 1. The second kappa shape index (κ2) is 4.90. The number of amidine groups is 1. The summed E-state index contributed by atoms with van der Waals surface area (Å²) in [5.74, 6) is 0.172. The third-order valence-electron chi connectivity index (χ3n) is 4.76. The molecule has 0 radical (unpaired) electrons. The van der Waals surface area contributed by atoms with Gasteiger partial charge in [0.25, 0.3) is 10.0 Å². The summed E-state index contributed by atoms with van der Waals surface area (Å²) in [4.78, 5) is 0. The van der Waals surface area contributed by atoms with Crippen LogP contribution in [0.4, 0.5) is 0 Å². The van der Waals surface area contributed by atoms with Crippen LogP contribution in [0.25, 0.3) is 0 Å².